The molecule has 0 spiro atoms. The van der Waals surface area contributed by atoms with Gasteiger partial charge in [-0.2, -0.15) is 4.68 Å². The number of hydrogen-bond acceptors (Lipinski definition) is 5. The van der Waals surface area contributed by atoms with Gasteiger partial charge in [0.1, 0.15) is 0 Å². The number of benzene rings is 2. The Kier molecular flexibility index (Phi) is 7.24. The zero-order valence-corrected chi connectivity index (χ0v) is 15.0. The number of nitrogens with one attached hydrogen (secondary N) is 1. The van der Waals surface area contributed by atoms with Crippen molar-refractivity contribution < 1.29 is 12.4 Å². The highest BCUT2D eigenvalue weighted by Crippen LogP contribution is 2.17. The highest BCUT2D eigenvalue weighted by Gasteiger charge is 2.07. The Morgan fingerprint density at radius 3 is 2.54 bits per heavy atom. The molecule has 3 rings (SSSR count). The molecule has 0 aliphatic carbocycles. The average molecular weight is 361 g/mol. The van der Waals surface area contributed by atoms with Gasteiger partial charge < -0.3 is 17.7 Å². The van der Waals surface area contributed by atoms with Crippen LogP contribution in [0.4, 0.5) is 0 Å². The lowest BCUT2D eigenvalue weighted by Gasteiger charge is -2.06. The molecule has 0 radical (unpaired) electrons. The quantitative estimate of drug-likeness (QED) is 0.469. The van der Waals surface area contributed by atoms with Crippen LogP contribution in [0.5, 0.6) is 0 Å². The summed E-state index contributed by atoms with van der Waals surface area (Å²) in [5.74, 6) is 0.916. The molecule has 0 bridgehead atoms. The monoisotopic (exact) mass is 360 g/mol. The number of hydrogen-bond donors (Lipinski definition) is 1. The predicted molar refractivity (Wildman–Crippen MR) is 92.8 cm³/mol. The highest BCUT2D eigenvalue weighted by molar-refractivity contribution is 7.99. The SMILES string of the molecule is Cc1ccc(CNCCSc2nnnn2-c2ccccc2)cc1.[Cl-]. The molecular weight excluding hydrogens is 342 g/mol. The molecule has 1 aromatic heterocycles. The molecule has 7 heteroatoms. The Morgan fingerprint density at radius 2 is 1.79 bits per heavy atom. The number of nitrogens with zero attached hydrogens (tertiary/aromatic N) is 4. The van der Waals surface area contributed by atoms with E-state index in [2.05, 4.69) is 52.0 Å². The summed E-state index contributed by atoms with van der Waals surface area (Å²) in [7, 11) is 0. The largest absolute Gasteiger partial charge is 1.00 e. The van der Waals surface area contributed by atoms with Crippen LogP contribution in [0.3, 0.4) is 0 Å². The van der Waals surface area contributed by atoms with Crippen LogP contribution in [0.2, 0.25) is 0 Å². The van der Waals surface area contributed by atoms with E-state index in [1.54, 1.807) is 16.4 Å². The molecule has 0 aliphatic rings. The molecular formula is C17H19ClN5S-. The zero-order chi connectivity index (χ0) is 15.9. The van der Waals surface area contributed by atoms with Crippen LogP contribution in [-0.2, 0) is 6.54 Å². The molecule has 0 saturated heterocycles. The van der Waals surface area contributed by atoms with Gasteiger partial charge >= 0.3 is 0 Å². The lowest BCUT2D eigenvalue weighted by Crippen LogP contribution is -3.00. The molecule has 0 unspecified atom stereocenters. The summed E-state index contributed by atoms with van der Waals surface area (Å²) in [5, 5.41) is 16.2. The van der Waals surface area contributed by atoms with Gasteiger partial charge in [0.05, 0.1) is 5.69 Å². The van der Waals surface area contributed by atoms with E-state index in [1.165, 1.54) is 11.1 Å². The van der Waals surface area contributed by atoms with Crippen molar-refractivity contribution in [2.45, 2.75) is 18.6 Å². The number of rotatable bonds is 7. The fourth-order valence-electron chi connectivity index (χ4n) is 2.15. The Bertz CT molecular complexity index is 730. The van der Waals surface area contributed by atoms with Crippen molar-refractivity contribution in [2.24, 2.45) is 0 Å². The third-order valence-electron chi connectivity index (χ3n) is 3.40. The molecule has 3 aromatic rings. The summed E-state index contributed by atoms with van der Waals surface area (Å²) in [6, 6.07) is 18.5. The molecule has 2 aromatic carbocycles. The molecule has 0 amide bonds. The number of para-hydroxylation sites is 1. The molecule has 1 N–H and O–H groups in total. The van der Waals surface area contributed by atoms with Gasteiger partial charge in [-0.25, -0.2) is 0 Å². The first-order valence-electron chi connectivity index (χ1n) is 7.56. The number of aromatic nitrogens is 4. The molecule has 126 valence electrons. The minimum atomic E-state index is 0. The van der Waals surface area contributed by atoms with Gasteiger partial charge in [-0.3, -0.25) is 0 Å². The molecule has 1 heterocycles. The zero-order valence-electron chi connectivity index (χ0n) is 13.4. The van der Waals surface area contributed by atoms with Gasteiger partial charge in [-0.1, -0.05) is 59.8 Å². The highest BCUT2D eigenvalue weighted by atomic mass is 35.5. The summed E-state index contributed by atoms with van der Waals surface area (Å²) in [5.41, 5.74) is 3.57. The first-order chi connectivity index (χ1) is 11.3. The predicted octanol–water partition coefficient (Wildman–Crippen LogP) is -0.143. The second-order valence-corrected chi connectivity index (χ2v) is 6.28. The van der Waals surface area contributed by atoms with Crippen LogP contribution in [0.25, 0.3) is 5.69 Å². The van der Waals surface area contributed by atoms with Gasteiger partial charge in [-0.15, -0.1) is 5.10 Å². The first kappa shape index (κ1) is 18.4. The molecule has 5 nitrogen and oxygen atoms in total. The molecule has 24 heavy (non-hydrogen) atoms. The number of tetrazole rings is 1. The van der Waals surface area contributed by atoms with Crippen LogP contribution < -0.4 is 17.7 Å². The fourth-order valence-corrected chi connectivity index (χ4v) is 2.94. The van der Waals surface area contributed by atoms with Crippen molar-refractivity contribution in [3.05, 3.63) is 65.7 Å². The standard InChI is InChI=1S/C17H19N5S.ClH/c1-14-7-9-15(10-8-14)13-18-11-12-23-17-19-20-21-22(17)16-5-3-2-4-6-16;/h2-10,18H,11-13H2,1H3;1H/p-1. The maximum atomic E-state index is 4.10. The van der Waals surface area contributed by atoms with E-state index in [9.17, 15) is 0 Å². The smallest absolute Gasteiger partial charge is 0.214 e. The van der Waals surface area contributed by atoms with Crippen LogP contribution in [-0.4, -0.2) is 32.5 Å². The lowest BCUT2D eigenvalue weighted by atomic mass is 10.1. The van der Waals surface area contributed by atoms with Crippen LogP contribution in [0.1, 0.15) is 11.1 Å². The van der Waals surface area contributed by atoms with Crippen LogP contribution in [0, 0.1) is 6.92 Å². The van der Waals surface area contributed by atoms with Gasteiger partial charge in [0.25, 0.3) is 0 Å². The fraction of sp³-hybridized carbons (Fsp3) is 0.235. The van der Waals surface area contributed by atoms with Crippen molar-refractivity contribution >= 4 is 11.8 Å². The number of thioether (sulfide) groups is 1. The van der Waals surface area contributed by atoms with E-state index in [0.717, 1.165) is 29.7 Å². The lowest BCUT2D eigenvalue weighted by molar-refractivity contribution is -0.00000484. The van der Waals surface area contributed by atoms with Crippen molar-refractivity contribution in [1.82, 2.24) is 25.5 Å². The maximum absolute atomic E-state index is 4.10. The maximum Gasteiger partial charge on any atom is 0.214 e. The van der Waals surface area contributed by atoms with E-state index in [1.807, 2.05) is 30.3 Å². The van der Waals surface area contributed by atoms with Crippen molar-refractivity contribution in [3.8, 4) is 5.69 Å². The summed E-state index contributed by atoms with van der Waals surface area (Å²) >= 11 is 1.65. The summed E-state index contributed by atoms with van der Waals surface area (Å²) < 4.78 is 1.77. The van der Waals surface area contributed by atoms with Crippen molar-refractivity contribution in [2.75, 3.05) is 12.3 Å². The molecule has 0 saturated carbocycles. The summed E-state index contributed by atoms with van der Waals surface area (Å²) in [4.78, 5) is 0. The normalized spacial score (nSPS) is 10.4. The second-order valence-electron chi connectivity index (χ2n) is 5.22. The Labute approximate surface area is 152 Å². The molecule has 0 fully saturated rings. The van der Waals surface area contributed by atoms with Gasteiger partial charge in [-0.05, 0) is 35.0 Å². The molecule has 0 atom stereocenters. The topological polar surface area (TPSA) is 55.6 Å². The first-order valence-corrected chi connectivity index (χ1v) is 8.54. The van der Waals surface area contributed by atoms with E-state index < -0.39 is 0 Å². The van der Waals surface area contributed by atoms with Gasteiger partial charge in [0.15, 0.2) is 0 Å². The van der Waals surface area contributed by atoms with E-state index in [0.29, 0.717) is 0 Å². The van der Waals surface area contributed by atoms with Crippen LogP contribution >= 0.6 is 11.8 Å². The Balaban J connectivity index is 0.00000208. The average Bonchev–Trinajstić information content (AvgIpc) is 3.05. The van der Waals surface area contributed by atoms with Gasteiger partial charge in [0, 0.05) is 18.8 Å². The number of aryl methyl sites for hydroxylation is 1. The minimum absolute atomic E-state index is 0. The summed E-state index contributed by atoms with van der Waals surface area (Å²) in [6.07, 6.45) is 0. The third-order valence-corrected chi connectivity index (χ3v) is 4.32. The van der Waals surface area contributed by atoms with Crippen LogP contribution in [0.15, 0.2) is 59.8 Å². The second kappa shape index (κ2) is 9.42. The minimum Gasteiger partial charge on any atom is -1.00 e. The molecule has 0 aliphatic heterocycles. The van der Waals surface area contributed by atoms with Crippen molar-refractivity contribution in [1.29, 1.82) is 0 Å². The van der Waals surface area contributed by atoms with E-state index >= 15 is 0 Å². The van der Waals surface area contributed by atoms with Gasteiger partial charge in [0.2, 0.25) is 5.16 Å². The summed E-state index contributed by atoms with van der Waals surface area (Å²) in [6.45, 7) is 3.88. The number of halogens is 1. The van der Waals surface area contributed by atoms with Crippen molar-refractivity contribution in [3.63, 3.8) is 0 Å². The Hall–Kier alpha value is -1.89. The third kappa shape index (κ3) is 5.06. The Morgan fingerprint density at radius 1 is 1.04 bits per heavy atom. The van der Waals surface area contributed by atoms with E-state index in [4.69, 9.17) is 0 Å². The van der Waals surface area contributed by atoms with E-state index in [-0.39, 0.29) is 12.4 Å².